The molecule has 84 heavy (non-hydrogen) atoms. The minimum absolute atomic E-state index is 0.0101. The van der Waals surface area contributed by atoms with E-state index < -0.39 is 35.4 Å². The fourth-order valence-corrected chi connectivity index (χ4v) is 14.3. The molecule has 2 bridgehead atoms. The van der Waals surface area contributed by atoms with E-state index in [0.29, 0.717) is 80.2 Å². The number of aromatic nitrogens is 5. The Hall–Kier alpha value is -7.38. The van der Waals surface area contributed by atoms with Gasteiger partial charge in [0, 0.05) is 81.0 Å². The quantitative estimate of drug-likeness (QED) is 0.0668. The molecule has 0 spiro atoms. The van der Waals surface area contributed by atoms with Crippen molar-refractivity contribution in [3.05, 3.63) is 101 Å². The molecule has 5 fully saturated rings. The zero-order valence-corrected chi connectivity index (χ0v) is 48.5. The SMILES string of the molecule is C#Cc1c(F)ccc2cc(O)cc(-c3ncc4c(N5CC6CCC(C5)N6)nc(OCCN5CCC(CC6(F)CCN(c7cc([C@H](C(=O)N8C[C@H](O)C[C@H]8C(=O)N[C@@H](C)c8ccc(-c9scnc9C)cc8)C(C)C)on7)CC6)CC5)nc4c3F)c12. The minimum atomic E-state index is -1.35. The second kappa shape index (κ2) is 23.6. The van der Waals surface area contributed by atoms with Gasteiger partial charge in [-0.1, -0.05) is 55.3 Å². The van der Waals surface area contributed by atoms with Crippen molar-refractivity contribution in [3.8, 4) is 45.8 Å². The fourth-order valence-electron chi connectivity index (χ4n) is 13.5. The van der Waals surface area contributed by atoms with E-state index in [2.05, 4.69) is 46.5 Å². The largest absolute Gasteiger partial charge is 0.508 e. The topological polar surface area (TPSA) is 198 Å². The Morgan fingerprint density at radius 2 is 1.71 bits per heavy atom. The minimum Gasteiger partial charge on any atom is -0.508 e. The number of fused-ring (bicyclic) bond motifs is 4. The molecule has 2 unspecified atom stereocenters. The number of anilines is 2. The van der Waals surface area contributed by atoms with Crippen LogP contribution in [0.4, 0.5) is 24.8 Å². The van der Waals surface area contributed by atoms with Crippen molar-refractivity contribution in [2.75, 3.05) is 68.8 Å². The number of aliphatic hydroxyl groups is 1. The predicted octanol–water partition coefficient (Wildman–Crippen LogP) is 9.24. The van der Waals surface area contributed by atoms with Crippen LogP contribution in [0.15, 0.2) is 70.8 Å². The maximum absolute atomic E-state index is 17.1. The number of aliphatic hydroxyl groups excluding tert-OH is 1. The van der Waals surface area contributed by atoms with Gasteiger partial charge >= 0.3 is 6.01 Å². The summed E-state index contributed by atoms with van der Waals surface area (Å²) in [7, 11) is 0. The molecule has 2 amide bonds. The van der Waals surface area contributed by atoms with Crippen LogP contribution >= 0.6 is 11.3 Å². The lowest BCUT2D eigenvalue weighted by atomic mass is 9.80. The zero-order valence-electron chi connectivity index (χ0n) is 47.7. The summed E-state index contributed by atoms with van der Waals surface area (Å²) in [6.45, 7) is 12.2. The summed E-state index contributed by atoms with van der Waals surface area (Å²) in [5, 5.41) is 33.7. The first-order valence-electron chi connectivity index (χ1n) is 29.3. The summed E-state index contributed by atoms with van der Waals surface area (Å²) in [4.78, 5) is 55.7. The van der Waals surface area contributed by atoms with Crippen LogP contribution in [0.5, 0.6) is 11.8 Å². The molecule has 4 aromatic heterocycles. The smallest absolute Gasteiger partial charge is 0.319 e. The summed E-state index contributed by atoms with van der Waals surface area (Å²) < 4.78 is 61.1. The van der Waals surface area contributed by atoms with Crippen molar-refractivity contribution in [1.82, 2.24) is 45.5 Å². The first kappa shape index (κ1) is 57.1. The average molecular weight is 1170 g/mol. The number of carbonyl (C=O) groups is 2. The highest BCUT2D eigenvalue weighted by molar-refractivity contribution is 7.13. The third-order valence-corrected chi connectivity index (χ3v) is 19.0. The number of hydrogen-bond acceptors (Lipinski definition) is 16. The first-order chi connectivity index (χ1) is 40.5. The molecule has 6 atom stereocenters. The van der Waals surface area contributed by atoms with Crippen LogP contribution in [-0.4, -0.2) is 146 Å². The lowest BCUT2D eigenvalue weighted by Crippen LogP contribution is -2.51. The number of aromatic hydroxyl groups is 1. The number of piperazine rings is 1. The maximum Gasteiger partial charge on any atom is 0.319 e. The molecule has 3 aromatic carbocycles. The number of phenols is 1. The molecular weight excluding hydrogens is 1100 g/mol. The monoisotopic (exact) mass is 1170 g/mol. The average Bonchev–Trinajstić information content (AvgIpc) is 1.57. The van der Waals surface area contributed by atoms with Gasteiger partial charge in [0.05, 0.1) is 39.2 Å². The number of carbonyl (C=O) groups excluding carboxylic acids is 2. The number of nitrogens with one attached hydrogen (secondary N) is 2. The van der Waals surface area contributed by atoms with Gasteiger partial charge in [-0.25, -0.2) is 18.2 Å². The third kappa shape index (κ3) is 11.5. The molecule has 5 saturated heterocycles. The normalized spacial score (nSPS) is 21.8. The van der Waals surface area contributed by atoms with Gasteiger partial charge in [0.1, 0.15) is 52.8 Å². The molecular formula is C63H70F3N11O6S. The molecule has 7 aromatic rings. The fraction of sp³-hybridized carbons (Fsp3) is 0.476. The van der Waals surface area contributed by atoms with Crippen molar-refractivity contribution in [2.45, 2.75) is 121 Å². The summed E-state index contributed by atoms with van der Waals surface area (Å²) >= 11 is 1.58. The van der Waals surface area contributed by atoms with Crippen molar-refractivity contribution < 1.29 is 42.2 Å². The standard InChI is InChI=1S/C63H70F3N11O6S/c1-6-46-49(64)14-11-41-25-44(78)26-47(54(41)46)56-55(65)57-48(30-67-56)59(76-31-42-12-13-43(32-76)70-42)72-62(71-57)82-24-23-74-19-15-38(16-20-74)29-63(66)17-21-75(22-18-63)52-28-51(83-73-52)53(35(2)3)61(81)77-33-45(79)27-50(77)60(80)69-36(4)39-7-9-40(10-8-39)58-37(5)68-34-84-58/h1,7-11,14,25-26,28,30,34-36,38,42-43,45,50,53,70,78-79H,12-13,15-24,27,29,31-33H2,2-5H3,(H,69,80)/t36-,42?,43?,45+,50-,53+/m0/s1. The number of amides is 2. The molecule has 5 aliphatic heterocycles. The number of terminal acetylenes is 1. The van der Waals surface area contributed by atoms with Crippen LogP contribution in [0.25, 0.3) is 43.4 Å². The Bertz CT molecular complexity index is 3620. The second-order valence-corrected chi connectivity index (χ2v) is 24.9. The van der Waals surface area contributed by atoms with Gasteiger partial charge in [-0.15, -0.1) is 17.8 Å². The number of thiazole rings is 1. The van der Waals surface area contributed by atoms with E-state index in [1.807, 2.05) is 62.4 Å². The number of ether oxygens (including phenoxy) is 1. The number of rotatable bonds is 16. The van der Waals surface area contributed by atoms with E-state index in [1.54, 1.807) is 17.4 Å². The molecule has 0 saturated carbocycles. The third-order valence-electron chi connectivity index (χ3n) is 18.0. The second-order valence-electron chi connectivity index (χ2n) is 24.0. The van der Waals surface area contributed by atoms with E-state index in [1.165, 1.54) is 35.4 Å². The van der Waals surface area contributed by atoms with Gasteiger partial charge in [-0.3, -0.25) is 19.5 Å². The number of nitrogens with zero attached hydrogens (tertiary/aromatic N) is 9. The Kier molecular flexibility index (Phi) is 16.0. The number of hydrogen-bond donors (Lipinski definition) is 4. The van der Waals surface area contributed by atoms with Crippen LogP contribution in [-0.2, 0) is 9.59 Å². The first-order valence-corrected chi connectivity index (χ1v) is 30.2. The lowest BCUT2D eigenvalue weighted by molar-refractivity contribution is -0.141. The zero-order chi connectivity index (χ0) is 58.6. The van der Waals surface area contributed by atoms with Crippen molar-refractivity contribution in [3.63, 3.8) is 0 Å². The number of pyridine rings is 1. The number of benzene rings is 3. The molecule has 4 N–H and O–H groups in total. The van der Waals surface area contributed by atoms with Gasteiger partial charge in [0.25, 0.3) is 0 Å². The molecule has 21 heteroatoms. The van der Waals surface area contributed by atoms with E-state index >= 15 is 13.2 Å². The summed E-state index contributed by atoms with van der Waals surface area (Å²) in [6, 6.07) is 14.5. The highest BCUT2D eigenvalue weighted by Gasteiger charge is 2.45. The predicted molar refractivity (Wildman–Crippen MR) is 316 cm³/mol. The number of piperidine rings is 2. The van der Waals surface area contributed by atoms with Gasteiger partial charge < -0.3 is 44.8 Å². The molecule has 0 radical (unpaired) electrons. The van der Waals surface area contributed by atoms with E-state index in [-0.39, 0.29) is 101 Å². The maximum atomic E-state index is 17.1. The number of phenolic OH excluding ortho intramolecular Hbond substituents is 1. The van der Waals surface area contributed by atoms with E-state index in [4.69, 9.17) is 20.7 Å². The molecule has 440 valence electrons. The van der Waals surface area contributed by atoms with Crippen molar-refractivity contribution >= 4 is 56.5 Å². The molecule has 17 nitrogen and oxygen atoms in total. The molecule has 9 heterocycles. The van der Waals surface area contributed by atoms with Crippen LogP contribution < -0.4 is 25.2 Å². The van der Waals surface area contributed by atoms with Crippen LogP contribution in [0.2, 0.25) is 0 Å². The van der Waals surface area contributed by atoms with Crippen molar-refractivity contribution in [2.24, 2.45) is 11.8 Å². The molecule has 5 aliphatic rings. The van der Waals surface area contributed by atoms with E-state index in [0.717, 1.165) is 60.5 Å². The van der Waals surface area contributed by atoms with Crippen LogP contribution in [0.3, 0.4) is 0 Å². The number of aryl methyl sites for hydroxylation is 1. The summed E-state index contributed by atoms with van der Waals surface area (Å²) in [5.41, 5.74) is 3.29. The van der Waals surface area contributed by atoms with Gasteiger partial charge in [-0.2, -0.15) is 9.97 Å². The Morgan fingerprint density at radius 3 is 2.42 bits per heavy atom. The lowest BCUT2D eigenvalue weighted by Gasteiger charge is -2.40. The van der Waals surface area contributed by atoms with Gasteiger partial charge in [0.2, 0.25) is 11.8 Å². The Balaban J connectivity index is 0.647. The van der Waals surface area contributed by atoms with Crippen LogP contribution in [0, 0.1) is 42.7 Å². The van der Waals surface area contributed by atoms with Crippen LogP contribution in [0.1, 0.15) is 107 Å². The highest BCUT2D eigenvalue weighted by Crippen LogP contribution is 2.42. The number of β-amino-alcohol motifs (C(OH)–C–C–N with tert-alkyl or cyclic N) is 1. The van der Waals surface area contributed by atoms with E-state index in [9.17, 15) is 19.8 Å². The highest BCUT2D eigenvalue weighted by atomic mass is 32.1. The number of halogens is 3. The van der Waals surface area contributed by atoms with Gasteiger partial charge in [-0.05, 0) is 118 Å². The molecule has 0 aliphatic carbocycles. The number of likely N-dealkylation sites (tertiary alicyclic amines) is 2. The van der Waals surface area contributed by atoms with Gasteiger partial charge in [0.15, 0.2) is 17.4 Å². The summed E-state index contributed by atoms with van der Waals surface area (Å²) in [5.74, 6) is 0.761. The molecule has 12 rings (SSSR count). The van der Waals surface area contributed by atoms with Crippen molar-refractivity contribution in [1.29, 1.82) is 0 Å². The Labute approximate surface area is 490 Å². The summed E-state index contributed by atoms with van der Waals surface area (Å²) in [6.07, 6.45) is 11.3. The Morgan fingerprint density at radius 1 is 0.964 bits per heavy atom. The number of alkyl halides is 1.